The number of carbonyl (C=O) groups excluding carboxylic acids is 1. The topological polar surface area (TPSA) is 32.3 Å². The van der Waals surface area contributed by atoms with E-state index in [9.17, 15) is 22.4 Å². The summed E-state index contributed by atoms with van der Waals surface area (Å²) >= 11 is 0. The molecular weight excluding hydrogens is 312 g/mol. The van der Waals surface area contributed by atoms with Gasteiger partial charge in [0.05, 0.1) is 5.56 Å². The maximum absolute atomic E-state index is 13.2. The zero-order valence-corrected chi connectivity index (χ0v) is 12.0. The van der Waals surface area contributed by atoms with E-state index in [2.05, 4.69) is 5.32 Å². The fraction of sp³-hybridized carbons (Fsp3) is 0.462. The number of hydrogen-bond donors (Lipinski definition) is 1. The number of nitrogens with one attached hydrogen (secondary N) is 1. The van der Waals surface area contributed by atoms with Crippen molar-refractivity contribution in [1.29, 1.82) is 0 Å². The molecule has 0 spiro atoms. The van der Waals surface area contributed by atoms with Gasteiger partial charge in [0.25, 0.3) is 5.91 Å². The first-order chi connectivity index (χ1) is 9.29. The Bertz CT molecular complexity index is 521. The smallest absolute Gasteiger partial charge is 0.336 e. The van der Waals surface area contributed by atoms with Crippen molar-refractivity contribution in [1.82, 2.24) is 10.2 Å². The second kappa shape index (κ2) is 6.62. The van der Waals surface area contributed by atoms with Gasteiger partial charge in [-0.15, -0.1) is 12.4 Å². The van der Waals surface area contributed by atoms with Crippen molar-refractivity contribution in [3.63, 3.8) is 0 Å². The van der Waals surface area contributed by atoms with Crippen molar-refractivity contribution in [3.05, 3.63) is 35.1 Å². The van der Waals surface area contributed by atoms with E-state index >= 15 is 0 Å². The molecule has 0 aromatic heterocycles. The lowest BCUT2D eigenvalue weighted by Gasteiger charge is -2.32. The number of benzene rings is 1. The lowest BCUT2D eigenvalue weighted by atomic mass is 10.1. The van der Waals surface area contributed by atoms with Crippen LogP contribution in [0, 0.1) is 5.82 Å². The van der Waals surface area contributed by atoms with E-state index in [-0.39, 0.29) is 24.0 Å². The first-order valence-corrected chi connectivity index (χ1v) is 6.18. The minimum Gasteiger partial charge on any atom is -0.336 e. The Kier molecular flexibility index (Phi) is 5.58. The van der Waals surface area contributed by atoms with Gasteiger partial charge in [0.15, 0.2) is 0 Å². The molecule has 1 atom stereocenters. The van der Waals surface area contributed by atoms with Crippen LogP contribution in [0.2, 0.25) is 0 Å². The molecule has 21 heavy (non-hydrogen) atoms. The summed E-state index contributed by atoms with van der Waals surface area (Å²) in [5, 5.41) is 3.13. The van der Waals surface area contributed by atoms with Gasteiger partial charge in [-0.2, -0.15) is 13.2 Å². The average Bonchev–Trinajstić information content (AvgIpc) is 2.37. The second-order valence-electron chi connectivity index (χ2n) is 4.80. The Morgan fingerprint density at radius 2 is 2.05 bits per heavy atom. The second-order valence-corrected chi connectivity index (χ2v) is 4.80. The number of amides is 1. The van der Waals surface area contributed by atoms with Crippen molar-refractivity contribution in [2.45, 2.75) is 19.1 Å². The zero-order valence-electron chi connectivity index (χ0n) is 11.2. The van der Waals surface area contributed by atoms with E-state index < -0.39 is 23.5 Å². The summed E-state index contributed by atoms with van der Waals surface area (Å²) in [4.78, 5) is 13.6. The Labute approximate surface area is 125 Å². The highest BCUT2D eigenvalue weighted by Gasteiger charge is 2.35. The molecule has 1 aliphatic rings. The largest absolute Gasteiger partial charge is 0.419 e. The average molecular weight is 327 g/mol. The zero-order chi connectivity index (χ0) is 14.9. The summed E-state index contributed by atoms with van der Waals surface area (Å²) in [5.41, 5.74) is -1.56. The summed E-state index contributed by atoms with van der Waals surface area (Å²) in [5.74, 6) is -1.88. The number of hydrogen-bond acceptors (Lipinski definition) is 2. The molecule has 1 fully saturated rings. The van der Waals surface area contributed by atoms with Crippen LogP contribution in [0.5, 0.6) is 0 Å². The molecule has 0 saturated carbocycles. The van der Waals surface area contributed by atoms with Crippen LogP contribution in [0.4, 0.5) is 17.6 Å². The van der Waals surface area contributed by atoms with E-state index in [1.165, 1.54) is 4.90 Å². The molecule has 1 aromatic rings. The van der Waals surface area contributed by atoms with E-state index in [4.69, 9.17) is 0 Å². The summed E-state index contributed by atoms with van der Waals surface area (Å²) in [6.45, 7) is 3.30. The molecule has 1 aliphatic heterocycles. The number of piperazine rings is 1. The first kappa shape index (κ1) is 17.7. The van der Waals surface area contributed by atoms with Gasteiger partial charge < -0.3 is 10.2 Å². The van der Waals surface area contributed by atoms with Gasteiger partial charge in [0.1, 0.15) is 5.82 Å². The number of nitrogens with zero attached hydrogens (tertiary/aromatic N) is 1. The Morgan fingerprint density at radius 3 is 2.62 bits per heavy atom. The predicted molar refractivity (Wildman–Crippen MR) is 72.0 cm³/mol. The van der Waals surface area contributed by atoms with Crippen LogP contribution in [0.15, 0.2) is 18.2 Å². The first-order valence-electron chi connectivity index (χ1n) is 6.18. The summed E-state index contributed by atoms with van der Waals surface area (Å²) < 4.78 is 51.0. The summed E-state index contributed by atoms with van der Waals surface area (Å²) in [7, 11) is 0. The highest BCUT2D eigenvalue weighted by Crippen LogP contribution is 2.32. The van der Waals surface area contributed by atoms with Crippen LogP contribution in [0.3, 0.4) is 0 Å². The van der Waals surface area contributed by atoms with Gasteiger partial charge in [-0.25, -0.2) is 4.39 Å². The minimum absolute atomic E-state index is 0. The van der Waals surface area contributed by atoms with E-state index in [1.54, 1.807) is 0 Å². The molecule has 1 saturated heterocycles. The molecule has 1 N–H and O–H groups in total. The van der Waals surface area contributed by atoms with E-state index in [0.717, 1.165) is 6.07 Å². The molecule has 3 nitrogen and oxygen atoms in total. The molecule has 1 amide bonds. The maximum Gasteiger partial charge on any atom is 0.419 e. The minimum atomic E-state index is -4.81. The molecule has 2 rings (SSSR count). The summed E-state index contributed by atoms with van der Waals surface area (Å²) in [6, 6.07) is 2.42. The van der Waals surface area contributed by atoms with Gasteiger partial charge in [0, 0.05) is 31.2 Å². The third-order valence-corrected chi connectivity index (χ3v) is 3.17. The SMILES string of the molecule is CC1CN(C(=O)c2ccc(F)c(C(F)(F)F)c2)CCN1.Cl. The quantitative estimate of drug-likeness (QED) is 0.805. The number of carbonyl (C=O) groups is 1. The van der Waals surface area contributed by atoms with Gasteiger partial charge in [-0.3, -0.25) is 4.79 Å². The fourth-order valence-electron chi connectivity index (χ4n) is 2.17. The van der Waals surface area contributed by atoms with Gasteiger partial charge in [-0.05, 0) is 25.1 Å². The van der Waals surface area contributed by atoms with Crippen molar-refractivity contribution in [3.8, 4) is 0 Å². The van der Waals surface area contributed by atoms with Crippen LogP contribution in [0.25, 0.3) is 0 Å². The van der Waals surface area contributed by atoms with Crippen LogP contribution >= 0.6 is 12.4 Å². The van der Waals surface area contributed by atoms with Gasteiger partial charge in [0.2, 0.25) is 0 Å². The molecular formula is C13H15ClF4N2O. The number of halogens is 5. The highest BCUT2D eigenvalue weighted by atomic mass is 35.5. The number of rotatable bonds is 1. The van der Waals surface area contributed by atoms with E-state index in [0.29, 0.717) is 31.8 Å². The number of alkyl halides is 3. The predicted octanol–water partition coefficient (Wildman–Crippen LogP) is 2.70. The normalized spacial score (nSPS) is 19.1. The molecule has 1 aromatic carbocycles. The molecule has 1 unspecified atom stereocenters. The van der Waals surface area contributed by atoms with Crippen molar-refractivity contribution < 1.29 is 22.4 Å². The Balaban J connectivity index is 0.00000220. The van der Waals surface area contributed by atoms with Crippen molar-refractivity contribution in [2.75, 3.05) is 19.6 Å². The van der Waals surface area contributed by atoms with Gasteiger partial charge in [-0.1, -0.05) is 0 Å². The molecule has 8 heteroatoms. The monoisotopic (exact) mass is 326 g/mol. The van der Waals surface area contributed by atoms with Crippen LogP contribution in [0.1, 0.15) is 22.8 Å². The Hall–Kier alpha value is -1.34. The van der Waals surface area contributed by atoms with Gasteiger partial charge >= 0.3 is 6.18 Å². The molecule has 118 valence electrons. The third-order valence-electron chi connectivity index (χ3n) is 3.17. The fourth-order valence-corrected chi connectivity index (χ4v) is 2.17. The van der Waals surface area contributed by atoms with Crippen molar-refractivity contribution >= 4 is 18.3 Å². The van der Waals surface area contributed by atoms with Crippen molar-refractivity contribution in [2.24, 2.45) is 0 Å². The Morgan fingerprint density at radius 1 is 1.38 bits per heavy atom. The van der Waals surface area contributed by atoms with Crippen LogP contribution in [-0.4, -0.2) is 36.5 Å². The molecule has 0 bridgehead atoms. The van der Waals surface area contributed by atoms with Crippen LogP contribution in [-0.2, 0) is 6.18 Å². The lowest BCUT2D eigenvalue weighted by molar-refractivity contribution is -0.140. The molecule has 1 heterocycles. The van der Waals surface area contributed by atoms with Crippen LogP contribution < -0.4 is 5.32 Å². The maximum atomic E-state index is 13.2. The molecule has 0 radical (unpaired) electrons. The summed E-state index contributed by atoms with van der Waals surface area (Å²) in [6.07, 6.45) is -4.81. The lowest BCUT2D eigenvalue weighted by Crippen LogP contribution is -2.51. The third kappa shape index (κ3) is 4.07. The standard InChI is InChI=1S/C13H14F4N2O.ClH/c1-8-7-19(5-4-18-8)12(20)9-2-3-11(14)10(6-9)13(15,16)17;/h2-3,6,8,18H,4-5,7H2,1H3;1H. The highest BCUT2D eigenvalue weighted by molar-refractivity contribution is 5.94. The van der Waals surface area contributed by atoms with E-state index in [1.807, 2.05) is 6.92 Å². The molecule has 0 aliphatic carbocycles.